The van der Waals surface area contributed by atoms with Crippen LogP contribution in [0.5, 0.6) is 0 Å². The molecule has 1 amide bonds. The fraction of sp³-hybridized carbons (Fsp3) is 0.136. The van der Waals surface area contributed by atoms with Gasteiger partial charge >= 0.3 is 0 Å². The monoisotopic (exact) mass is 371 g/mol. The smallest absolute Gasteiger partial charge is 0.252 e. The largest absolute Gasteiger partial charge is 0.380 e. The molecule has 0 atom stereocenters. The first-order chi connectivity index (χ1) is 13.8. The number of nitrogens with zero attached hydrogens (tertiary/aromatic N) is 2. The Balaban J connectivity index is 1.33. The van der Waals surface area contributed by atoms with Crippen molar-refractivity contribution in [2.75, 3.05) is 11.9 Å². The molecule has 3 N–H and O–H groups in total. The number of anilines is 1. The van der Waals surface area contributed by atoms with Crippen molar-refractivity contribution < 1.29 is 4.79 Å². The number of benzene rings is 1. The third-order valence-electron chi connectivity index (χ3n) is 4.60. The minimum Gasteiger partial charge on any atom is -0.380 e. The lowest BCUT2D eigenvalue weighted by Crippen LogP contribution is -2.25. The van der Waals surface area contributed by atoms with Crippen LogP contribution in [-0.2, 0) is 13.0 Å². The molecular weight excluding hydrogens is 350 g/mol. The Morgan fingerprint density at radius 2 is 1.89 bits per heavy atom. The Morgan fingerprint density at radius 1 is 1.04 bits per heavy atom. The highest BCUT2D eigenvalue weighted by Gasteiger charge is 2.08. The predicted octanol–water partition coefficient (Wildman–Crippen LogP) is 3.54. The summed E-state index contributed by atoms with van der Waals surface area (Å²) in [5.41, 5.74) is 4.77. The van der Waals surface area contributed by atoms with E-state index in [9.17, 15) is 4.79 Å². The molecule has 4 rings (SSSR count). The number of carbonyl (C=O) groups is 1. The van der Waals surface area contributed by atoms with Crippen LogP contribution in [0.3, 0.4) is 0 Å². The van der Waals surface area contributed by atoms with Gasteiger partial charge < -0.3 is 15.6 Å². The van der Waals surface area contributed by atoms with Crippen molar-refractivity contribution in [2.24, 2.45) is 0 Å². The molecule has 140 valence electrons. The van der Waals surface area contributed by atoms with Crippen LogP contribution >= 0.6 is 0 Å². The van der Waals surface area contributed by atoms with E-state index in [-0.39, 0.29) is 5.91 Å². The molecular formula is C22H21N5O. The van der Waals surface area contributed by atoms with Gasteiger partial charge in [-0.3, -0.25) is 14.8 Å². The third kappa shape index (κ3) is 4.17. The molecule has 6 heteroatoms. The topological polar surface area (TPSA) is 82.7 Å². The average molecular weight is 371 g/mol. The molecule has 28 heavy (non-hydrogen) atoms. The number of nitrogens with one attached hydrogen (secondary N) is 3. The number of hydrogen-bond donors (Lipinski definition) is 3. The number of amides is 1. The third-order valence-corrected chi connectivity index (χ3v) is 4.60. The predicted molar refractivity (Wildman–Crippen MR) is 110 cm³/mol. The molecule has 4 aromatic rings. The van der Waals surface area contributed by atoms with Crippen molar-refractivity contribution >= 4 is 22.5 Å². The van der Waals surface area contributed by atoms with E-state index in [1.54, 1.807) is 24.8 Å². The molecule has 6 nitrogen and oxygen atoms in total. The maximum absolute atomic E-state index is 12.5. The van der Waals surface area contributed by atoms with Crippen molar-refractivity contribution in [3.8, 4) is 0 Å². The molecule has 3 aromatic heterocycles. The lowest BCUT2D eigenvalue weighted by atomic mass is 10.1. The van der Waals surface area contributed by atoms with Crippen LogP contribution in [0.15, 0.2) is 73.4 Å². The summed E-state index contributed by atoms with van der Waals surface area (Å²) in [4.78, 5) is 23.9. The standard InChI is InChI=1S/C22H21N5O/c28-22(25-10-7-17-14-27-21-4-2-1-3-20(17)21)18-11-19(15-24-13-18)26-12-16-5-8-23-9-6-16/h1-6,8-9,11,13-15,26-27H,7,10,12H2,(H,25,28). The quantitative estimate of drug-likeness (QED) is 0.464. The van der Waals surface area contributed by atoms with Crippen LogP contribution in [0.4, 0.5) is 5.69 Å². The molecule has 0 spiro atoms. The van der Waals surface area contributed by atoms with Crippen LogP contribution in [0, 0.1) is 0 Å². The molecule has 0 saturated carbocycles. The first-order valence-electron chi connectivity index (χ1n) is 9.20. The van der Waals surface area contributed by atoms with E-state index in [4.69, 9.17) is 0 Å². The first-order valence-corrected chi connectivity index (χ1v) is 9.20. The van der Waals surface area contributed by atoms with E-state index in [1.165, 1.54) is 10.9 Å². The van der Waals surface area contributed by atoms with E-state index >= 15 is 0 Å². The van der Waals surface area contributed by atoms with E-state index in [1.807, 2.05) is 42.6 Å². The number of fused-ring (bicyclic) bond motifs is 1. The van der Waals surface area contributed by atoms with Gasteiger partial charge in [-0.1, -0.05) is 18.2 Å². The van der Waals surface area contributed by atoms with E-state index in [0.717, 1.165) is 23.2 Å². The highest BCUT2D eigenvalue weighted by Crippen LogP contribution is 2.17. The summed E-state index contributed by atoms with van der Waals surface area (Å²) in [6.07, 6.45) is 9.58. The molecule has 0 aliphatic carbocycles. The number of aromatic amines is 1. The molecule has 3 heterocycles. The molecule has 0 bridgehead atoms. The second-order valence-corrected chi connectivity index (χ2v) is 6.54. The summed E-state index contributed by atoms with van der Waals surface area (Å²) in [5, 5.41) is 7.45. The van der Waals surface area contributed by atoms with Crippen molar-refractivity contribution in [3.63, 3.8) is 0 Å². The fourth-order valence-corrected chi connectivity index (χ4v) is 3.12. The van der Waals surface area contributed by atoms with Crippen LogP contribution in [0.2, 0.25) is 0 Å². The summed E-state index contributed by atoms with van der Waals surface area (Å²) >= 11 is 0. The second-order valence-electron chi connectivity index (χ2n) is 6.54. The number of pyridine rings is 2. The molecule has 0 fully saturated rings. The average Bonchev–Trinajstić information content (AvgIpc) is 3.16. The van der Waals surface area contributed by atoms with Gasteiger partial charge in [-0.25, -0.2) is 0 Å². The maximum Gasteiger partial charge on any atom is 0.252 e. The first kappa shape index (κ1) is 17.7. The summed E-state index contributed by atoms with van der Waals surface area (Å²) in [5.74, 6) is -0.125. The summed E-state index contributed by atoms with van der Waals surface area (Å²) < 4.78 is 0. The fourth-order valence-electron chi connectivity index (χ4n) is 3.12. The summed E-state index contributed by atoms with van der Waals surface area (Å²) in [6.45, 7) is 1.21. The minimum atomic E-state index is -0.125. The van der Waals surface area contributed by atoms with Gasteiger partial charge in [-0.05, 0) is 41.8 Å². The van der Waals surface area contributed by atoms with E-state index < -0.39 is 0 Å². The van der Waals surface area contributed by atoms with Crippen LogP contribution in [0.1, 0.15) is 21.5 Å². The SMILES string of the molecule is O=C(NCCc1c[nH]c2ccccc12)c1cncc(NCc2ccncc2)c1. The number of hydrogen-bond acceptors (Lipinski definition) is 4. The van der Waals surface area contributed by atoms with Gasteiger partial charge in [0, 0.05) is 55.0 Å². The Labute approximate surface area is 163 Å². The molecule has 0 saturated heterocycles. The van der Waals surface area contributed by atoms with Crippen LogP contribution < -0.4 is 10.6 Å². The molecule has 1 aromatic carbocycles. The number of para-hydroxylation sites is 1. The Kier molecular flexibility index (Phi) is 5.29. The van der Waals surface area contributed by atoms with Gasteiger partial charge in [0.1, 0.15) is 0 Å². The van der Waals surface area contributed by atoms with Crippen LogP contribution in [-0.4, -0.2) is 27.4 Å². The second kappa shape index (κ2) is 8.35. The minimum absolute atomic E-state index is 0.125. The van der Waals surface area contributed by atoms with Crippen molar-refractivity contribution in [3.05, 3.63) is 90.1 Å². The lowest BCUT2D eigenvalue weighted by molar-refractivity contribution is 0.0954. The summed E-state index contributed by atoms with van der Waals surface area (Å²) in [6, 6.07) is 13.9. The highest BCUT2D eigenvalue weighted by atomic mass is 16.1. The van der Waals surface area contributed by atoms with Gasteiger partial charge in [0.25, 0.3) is 5.91 Å². The molecule has 0 aliphatic heterocycles. The Hall–Kier alpha value is -3.67. The Bertz CT molecular complexity index is 1070. The van der Waals surface area contributed by atoms with Crippen molar-refractivity contribution in [1.82, 2.24) is 20.3 Å². The van der Waals surface area contributed by atoms with Crippen molar-refractivity contribution in [1.29, 1.82) is 0 Å². The molecule has 0 unspecified atom stereocenters. The summed E-state index contributed by atoms with van der Waals surface area (Å²) in [7, 11) is 0. The Morgan fingerprint density at radius 3 is 2.79 bits per heavy atom. The maximum atomic E-state index is 12.5. The lowest BCUT2D eigenvalue weighted by Gasteiger charge is -2.09. The van der Waals surface area contributed by atoms with Gasteiger partial charge in [-0.2, -0.15) is 0 Å². The zero-order valence-electron chi connectivity index (χ0n) is 15.4. The van der Waals surface area contributed by atoms with Crippen molar-refractivity contribution in [2.45, 2.75) is 13.0 Å². The zero-order chi connectivity index (χ0) is 19.2. The van der Waals surface area contributed by atoms with Crippen LogP contribution in [0.25, 0.3) is 10.9 Å². The number of aromatic nitrogens is 3. The van der Waals surface area contributed by atoms with Gasteiger partial charge in [0.15, 0.2) is 0 Å². The van der Waals surface area contributed by atoms with E-state index in [2.05, 4.69) is 31.7 Å². The number of carbonyl (C=O) groups excluding carboxylic acids is 1. The van der Waals surface area contributed by atoms with Gasteiger partial charge in [0.2, 0.25) is 0 Å². The van der Waals surface area contributed by atoms with E-state index in [0.29, 0.717) is 18.7 Å². The molecule has 0 aliphatic rings. The zero-order valence-corrected chi connectivity index (χ0v) is 15.4. The van der Waals surface area contributed by atoms with Gasteiger partial charge in [0.05, 0.1) is 11.3 Å². The normalized spacial score (nSPS) is 10.7. The number of rotatable bonds is 7. The number of H-pyrrole nitrogens is 1. The highest BCUT2D eigenvalue weighted by molar-refractivity contribution is 5.94. The molecule has 0 radical (unpaired) electrons. The van der Waals surface area contributed by atoms with Gasteiger partial charge in [-0.15, -0.1) is 0 Å².